The van der Waals surface area contributed by atoms with Gasteiger partial charge < -0.3 is 25.2 Å². The van der Waals surface area contributed by atoms with Crippen LogP contribution in [0.3, 0.4) is 0 Å². The van der Waals surface area contributed by atoms with Crippen molar-refractivity contribution >= 4 is 23.8 Å². The molecule has 1 aliphatic rings. The van der Waals surface area contributed by atoms with Crippen molar-refractivity contribution in [1.82, 2.24) is 0 Å². The van der Waals surface area contributed by atoms with E-state index in [0.717, 1.165) is 16.7 Å². The average Bonchev–Trinajstić information content (AvgIpc) is 3.10. The molecule has 1 heterocycles. The molecular weight excluding hydrogens is 620 g/mol. The fraction of sp³-hybridized carbons (Fsp3) is 0.244. The zero-order chi connectivity index (χ0) is 34.8. The van der Waals surface area contributed by atoms with E-state index in [2.05, 4.69) is 0 Å². The van der Waals surface area contributed by atoms with Gasteiger partial charge in [-0.2, -0.15) is 0 Å². The summed E-state index contributed by atoms with van der Waals surface area (Å²) in [7, 11) is 0. The summed E-state index contributed by atoms with van der Waals surface area (Å²) in [6, 6.07) is 28.2. The van der Waals surface area contributed by atoms with Crippen LogP contribution in [-0.2, 0) is 9.59 Å². The van der Waals surface area contributed by atoms with Crippen molar-refractivity contribution in [3.8, 4) is 17.2 Å². The Labute approximate surface area is 285 Å². The Kier molecular flexibility index (Phi) is 11.7. The second kappa shape index (κ2) is 16.5. The molecule has 0 radical (unpaired) electrons. The molecule has 252 valence electrons. The summed E-state index contributed by atoms with van der Waals surface area (Å²) in [4.78, 5) is 36.7. The number of allylic oxidation sites excluding steroid dienone is 3. The van der Waals surface area contributed by atoms with Gasteiger partial charge in [0.05, 0.1) is 6.42 Å². The number of carbonyl (C=O) groups is 3. The number of aromatic hydroxyl groups is 2. The summed E-state index contributed by atoms with van der Waals surface area (Å²) in [6.45, 7) is 0. The summed E-state index contributed by atoms with van der Waals surface area (Å²) in [6.07, 6.45) is 8.02. The van der Waals surface area contributed by atoms with Crippen LogP contribution in [-0.4, -0.2) is 38.1 Å². The quantitative estimate of drug-likeness (QED) is 0.0732. The van der Waals surface area contributed by atoms with Crippen LogP contribution in [0.4, 0.5) is 0 Å². The lowest BCUT2D eigenvalue weighted by molar-refractivity contribution is -0.138. The molecule has 1 aliphatic heterocycles. The summed E-state index contributed by atoms with van der Waals surface area (Å²) in [5, 5.41) is 42.8. The lowest BCUT2D eigenvalue weighted by Crippen LogP contribution is -2.23. The van der Waals surface area contributed by atoms with Gasteiger partial charge in [-0.25, -0.2) is 0 Å². The monoisotopic (exact) mass is 660 g/mol. The smallest absolute Gasteiger partial charge is 0.303 e. The number of phenolic OH excluding ortho intramolecular Hbond substituents is 2. The zero-order valence-corrected chi connectivity index (χ0v) is 27.1. The molecule has 0 bridgehead atoms. The molecule has 0 aliphatic carbocycles. The Hall–Kier alpha value is -5.63. The maximum atomic E-state index is 14.0. The normalized spacial score (nSPS) is 15.5. The number of benzene rings is 4. The number of unbranched alkanes of at least 4 members (excludes halogenated alkanes) is 1. The minimum atomic E-state index is -0.960. The fourth-order valence-electron chi connectivity index (χ4n) is 6.31. The van der Waals surface area contributed by atoms with Crippen molar-refractivity contribution in [2.75, 3.05) is 0 Å². The molecule has 3 atom stereocenters. The minimum Gasteiger partial charge on any atom is -0.507 e. The number of ether oxygens (including phenoxy) is 1. The fourth-order valence-corrected chi connectivity index (χ4v) is 6.31. The van der Waals surface area contributed by atoms with Gasteiger partial charge in [0.1, 0.15) is 28.9 Å². The summed E-state index contributed by atoms with van der Waals surface area (Å²) < 4.78 is 6.57. The summed E-state index contributed by atoms with van der Waals surface area (Å²) in [5.74, 6) is -4.04. The molecule has 0 saturated heterocycles. The number of ketones is 1. The van der Waals surface area contributed by atoms with Gasteiger partial charge in [-0.15, -0.1) is 0 Å². The highest BCUT2D eigenvalue weighted by atomic mass is 16.5. The zero-order valence-electron chi connectivity index (χ0n) is 27.1. The second-order valence-corrected chi connectivity index (χ2v) is 12.1. The van der Waals surface area contributed by atoms with E-state index in [1.807, 2.05) is 115 Å². The van der Waals surface area contributed by atoms with Gasteiger partial charge in [-0.1, -0.05) is 115 Å². The molecule has 0 saturated carbocycles. The minimum absolute atomic E-state index is 0.00644. The average molecular weight is 661 g/mol. The molecule has 0 fully saturated rings. The molecule has 49 heavy (non-hydrogen) atoms. The van der Waals surface area contributed by atoms with Crippen LogP contribution in [0.5, 0.6) is 17.2 Å². The van der Waals surface area contributed by atoms with E-state index >= 15 is 0 Å². The SMILES string of the molecule is O=C(O)CCC/C=C/C(c1ccccc1)c1c(O)c(C(/C=C/c2ccccc2)CCCC(=O)O)c(O)c2c1OC(c1ccccc1)CC2=O. The number of carboxylic acid groups (broad SMARTS) is 2. The van der Waals surface area contributed by atoms with Gasteiger partial charge >= 0.3 is 11.9 Å². The van der Waals surface area contributed by atoms with Gasteiger partial charge in [0.2, 0.25) is 0 Å². The maximum Gasteiger partial charge on any atom is 0.303 e. The number of phenols is 2. The molecule has 8 heteroatoms. The first-order valence-electron chi connectivity index (χ1n) is 16.5. The highest BCUT2D eigenvalue weighted by Crippen LogP contribution is 2.54. The van der Waals surface area contributed by atoms with Crippen molar-refractivity contribution in [3.05, 3.63) is 143 Å². The van der Waals surface area contributed by atoms with E-state index in [9.17, 15) is 29.7 Å². The number of hydrogen-bond acceptors (Lipinski definition) is 6. The molecule has 0 spiro atoms. The molecule has 5 rings (SSSR count). The van der Waals surface area contributed by atoms with Gasteiger partial charge in [0.25, 0.3) is 0 Å². The third-order valence-corrected chi connectivity index (χ3v) is 8.71. The van der Waals surface area contributed by atoms with Crippen LogP contribution in [0, 0.1) is 0 Å². The number of carboxylic acids is 2. The van der Waals surface area contributed by atoms with E-state index in [4.69, 9.17) is 9.84 Å². The Morgan fingerprint density at radius 2 is 1.39 bits per heavy atom. The number of rotatable bonds is 15. The van der Waals surface area contributed by atoms with E-state index in [-0.39, 0.29) is 66.3 Å². The van der Waals surface area contributed by atoms with Gasteiger partial charge in [-0.3, -0.25) is 14.4 Å². The predicted octanol–water partition coefficient (Wildman–Crippen LogP) is 8.80. The molecular formula is C41H40O8. The number of hydrogen-bond donors (Lipinski definition) is 4. The van der Waals surface area contributed by atoms with Crippen LogP contribution in [0.2, 0.25) is 0 Å². The number of fused-ring (bicyclic) bond motifs is 1. The van der Waals surface area contributed by atoms with Crippen molar-refractivity contribution in [2.45, 2.75) is 62.9 Å². The van der Waals surface area contributed by atoms with Crippen LogP contribution in [0.1, 0.15) is 101 Å². The van der Waals surface area contributed by atoms with Crippen molar-refractivity contribution in [3.63, 3.8) is 0 Å². The lowest BCUT2D eigenvalue weighted by Gasteiger charge is -2.32. The first-order chi connectivity index (χ1) is 23.7. The van der Waals surface area contributed by atoms with Gasteiger partial charge in [0.15, 0.2) is 5.78 Å². The van der Waals surface area contributed by atoms with Crippen molar-refractivity contribution in [2.24, 2.45) is 0 Å². The predicted molar refractivity (Wildman–Crippen MR) is 187 cm³/mol. The molecule has 4 N–H and O–H groups in total. The van der Waals surface area contributed by atoms with Gasteiger partial charge in [0, 0.05) is 35.8 Å². The Morgan fingerprint density at radius 3 is 2.04 bits per heavy atom. The molecule has 0 amide bonds. The first kappa shape index (κ1) is 34.7. The third-order valence-electron chi connectivity index (χ3n) is 8.71. The van der Waals surface area contributed by atoms with Crippen LogP contribution in [0.15, 0.2) is 109 Å². The number of carbonyl (C=O) groups excluding carboxylic acids is 1. The first-order valence-corrected chi connectivity index (χ1v) is 16.5. The molecule has 0 aromatic heterocycles. The standard InChI is InChI=1S/C41H40O8/c42-32-26-33(29-18-9-3-10-19-29)49-41-37(31(28-16-7-2-8-17-28)21-11-4-12-22-34(43)44)39(47)36(40(48)38(32)41)30(20-13-23-35(45)46)25-24-27-14-5-1-6-15-27/h1-3,5-11,14-19,21,24-25,30-31,33,47-48H,4,12-13,20,22-23,26H2,(H,43,44)(H,45,46)/b21-11+,25-24+. The van der Waals surface area contributed by atoms with Crippen LogP contribution >= 0.6 is 0 Å². The van der Waals surface area contributed by atoms with E-state index < -0.39 is 29.9 Å². The Morgan fingerprint density at radius 1 is 0.776 bits per heavy atom. The highest BCUT2D eigenvalue weighted by molar-refractivity contribution is 6.04. The Bertz CT molecular complexity index is 1810. The number of aliphatic carboxylic acids is 2. The van der Waals surface area contributed by atoms with Crippen LogP contribution in [0.25, 0.3) is 6.08 Å². The molecule has 4 aromatic carbocycles. The van der Waals surface area contributed by atoms with E-state index in [0.29, 0.717) is 18.4 Å². The lowest BCUT2D eigenvalue weighted by atomic mass is 9.80. The Balaban J connectivity index is 1.72. The van der Waals surface area contributed by atoms with Crippen LogP contribution < -0.4 is 4.74 Å². The van der Waals surface area contributed by atoms with Gasteiger partial charge in [-0.05, 0) is 42.4 Å². The largest absolute Gasteiger partial charge is 0.507 e. The van der Waals surface area contributed by atoms with E-state index in [1.165, 1.54) is 0 Å². The van der Waals surface area contributed by atoms with Crippen molar-refractivity contribution < 1.29 is 39.5 Å². The molecule has 8 nitrogen and oxygen atoms in total. The van der Waals surface area contributed by atoms with Crippen molar-refractivity contribution in [1.29, 1.82) is 0 Å². The summed E-state index contributed by atoms with van der Waals surface area (Å²) in [5.41, 5.74) is 2.83. The maximum absolute atomic E-state index is 14.0. The van der Waals surface area contributed by atoms with E-state index in [1.54, 1.807) is 0 Å². The summed E-state index contributed by atoms with van der Waals surface area (Å²) >= 11 is 0. The number of Topliss-reactive ketones (excluding diaryl/α,β-unsaturated/α-hetero) is 1. The highest BCUT2D eigenvalue weighted by Gasteiger charge is 2.39. The molecule has 4 aromatic rings. The third kappa shape index (κ3) is 8.65. The topological polar surface area (TPSA) is 141 Å². The second-order valence-electron chi connectivity index (χ2n) is 12.1. The molecule has 3 unspecified atom stereocenters.